The Labute approximate surface area is 47.0 Å². The predicted molar refractivity (Wildman–Crippen MR) is 32.4 cm³/mol. The fourth-order valence-corrected chi connectivity index (χ4v) is 0.375. The smallest absolute Gasteiger partial charge is 0.282 e. The van der Waals surface area contributed by atoms with E-state index >= 15 is 0 Å². The van der Waals surface area contributed by atoms with Gasteiger partial charge in [0.15, 0.2) is 0 Å². The molecule has 0 bridgehead atoms. The molecule has 0 aromatic carbocycles. The highest BCUT2D eigenvalue weighted by Gasteiger charge is 1.89. The van der Waals surface area contributed by atoms with Crippen molar-refractivity contribution in [3.63, 3.8) is 0 Å². The van der Waals surface area contributed by atoms with Crippen molar-refractivity contribution in [1.82, 2.24) is 0 Å². The van der Waals surface area contributed by atoms with Crippen molar-refractivity contribution in [2.24, 2.45) is 5.73 Å². The first kappa shape index (κ1) is 6.38. The Kier molecular flexibility index (Phi) is 3.25. The Balaban J connectivity index is 3.02. The van der Waals surface area contributed by atoms with Crippen molar-refractivity contribution >= 4 is 16.9 Å². The zero-order valence-corrected chi connectivity index (χ0v) is 4.66. The van der Waals surface area contributed by atoms with E-state index < -0.39 is 0 Å². The molecule has 2 nitrogen and oxygen atoms in total. The minimum atomic E-state index is 0.331. The molecule has 0 unspecified atom stereocenters. The zero-order chi connectivity index (χ0) is 5.70. The number of amidine groups is 1. The first-order valence-corrected chi connectivity index (χ1v) is 2.70. The Morgan fingerprint density at radius 3 is 2.71 bits per heavy atom. The van der Waals surface area contributed by atoms with Gasteiger partial charge in [0, 0.05) is 0 Å². The number of rotatable bonds is 1. The fourth-order valence-electron chi connectivity index (χ4n) is 0.125. The molecule has 0 aliphatic rings. The second-order valence-corrected chi connectivity index (χ2v) is 1.94. The quantitative estimate of drug-likeness (QED) is 0.246. The lowest BCUT2D eigenvalue weighted by Gasteiger charge is -1.79. The molecule has 0 rings (SSSR count). The summed E-state index contributed by atoms with van der Waals surface area (Å²) in [7, 11) is 0. The molecule has 0 amide bonds. The average molecular weight is 115 g/mol. The number of hydrogen-bond acceptors (Lipinski definition) is 1. The molecular formula is C4H7N2S+. The Morgan fingerprint density at radius 1 is 2.00 bits per heavy atom. The van der Waals surface area contributed by atoms with Crippen LogP contribution < -0.4 is 11.1 Å². The second-order valence-electron chi connectivity index (χ2n) is 0.895. The molecule has 0 atom stereocenters. The number of thioether (sulfide) groups is 1. The summed E-state index contributed by atoms with van der Waals surface area (Å²) in [6.45, 7) is 0. The molecule has 7 heavy (non-hydrogen) atoms. The summed E-state index contributed by atoms with van der Waals surface area (Å²) in [5.41, 5.74) is 5.04. The van der Waals surface area contributed by atoms with Crippen LogP contribution in [0.1, 0.15) is 0 Å². The second kappa shape index (κ2) is 3.57. The lowest BCUT2D eigenvalue weighted by atomic mass is 10.8. The van der Waals surface area contributed by atoms with Crippen molar-refractivity contribution in [3.8, 4) is 12.3 Å². The predicted octanol–water partition coefficient (Wildman–Crippen LogP) is -1.57. The fraction of sp³-hybridized carbons (Fsp3) is 0.250. The van der Waals surface area contributed by atoms with Gasteiger partial charge >= 0.3 is 5.17 Å². The first-order chi connectivity index (χ1) is 3.27. The van der Waals surface area contributed by atoms with Gasteiger partial charge in [0.05, 0.1) is 5.75 Å². The van der Waals surface area contributed by atoms with E-state index in [0.717, 1.165) is 0 Å². The van der Waals surface area contributed by atoms with Gasteiger partial charge in [-0.1, -0.05) is 5.92 Å². The van der Waals surface area contributed by atoms with Gasteiger partial charge in [-0.25, -0.2) is 0 Å². The van der Waals surface area contributed by atoms with Crippen LogP contribution in [-0.2, 0) is 0 Å². The topological polar surface area (TPSA) is 51.6 Å². The van der Waals surface area contributed by atoms with Gasteiger partial charge < -0.3 is 0 Å². The van der Waals surface area contributed by atoms with Crippen LogP contribution in [0.2, 0.25) is 0 Å². The van der Waals surface area contributed by atoms with Gasteiger partial charge in [0.2, 0.25) is 0 Å². The minimum Gasteiger partial charge on any atom is -0.282 e. The first-order valence-electron chi connectivity index (χ1n) is 1.71. The van der Waals surface area contributed by atoms with E-state index in [-0.39, 0.29) is 0 Å². The molecule has 0 aromatic rings. The van der Waals surface area contributed by atoms with Crippen molar-refractivity contribution in [3.05, 3.63) is 0 Å². The summed E-state index contributed by atoms with van der Waals surface area (Å²) >= 11 is 1.27. The third-order valence-corrected chi connectivity index (χ3v) is 0.967. The monoisotopic (exact) mass is 115 g/mol. The molecule has 0 aliphatic heterocycles. The van der Waals surface area contributed by atoms with Crippen LogP contribution in [0.25, 0.3) is 0 Å². The van der Waals surface area contributed by atoms with Crippen LogP contribution in [0, 0.1) is 12.3 Å². The Morgan fingerprint density at radius 2 is 2.57 bits per heavy atom. The molecule has 0 aliphatic carbocycles. The van der Waals surface area contributed by atoms with Crippen LogP contribution in [0.5, 0.6) is 0 Å². The number of terminal acetylenes is 1. The Bertz CT molecular complexity index is 103. The molecule has 3 heteroatoms. The summed E-state index contributed by atoms with van der Waals surface area (Å²) in [6.07, 6.45) is 4.88. The molecule has 0 heterocycles. The highest BCUT2D eigenvalue weighted by Crippen LogP contribution is 1.90. The van der Waals surface area contributed by atoms with Gasteiger partial charge in [-0.05, 0) is 11.8 Å². The number of nitrogens with two attached hydrogens (primary N) is 2. The van der Waals surface area contributed by atoms with E-state index in [9.17, 15) is 0 Å². The largest absolute Gasteiger partial charge is 0.300 e. The third kappa shape index (κ3) is 5.38. The molecule has 0 aromatic heterocycles. The van der Waals surface area contributed by atoms with Crippen LogP contribution in [0.15, 0.2) is 0 Å². The van der Waals surface area contributed by atoms with Crippen molar-refractivity contribution < 1.29 is 5.41 Å². The molecule has 0 fully saturated rings. The summed E-state index contributed by atoms with van der Waals surface area (Å²) in [5.74, 6) is 2.94. The summed E-state index contributed by atoms with van der Waals surface area (Å²) < 4.78 is 0. The van der Waals surface area contributed by atoms with E-state index in [1.165, 1.54) is 11.8 Å². The van der Waals surface area contributed by atoms with E-state index in [2.05, 4.69) is 5.92 Å². The van der Waals surface area contributed by atoms with Crippen LogP contribution in [-0.4, -0.2) is 10.9 Å². The number of hydrogen-bond donors (Lipinski definition) is 2. The molecule has 0 radical (unpaired) electrons. The third-order valence-electron chi connectivity index (χ3n) is 0.322. The van der Waals surface area contributed by atoms with E-state index in [1.54, 1.807) is 0 Å². The van der Waals surface area contributed by atoms with Crippen LogP contribution in [0.4, 0.5) is 0 Å². The average Bonchev–Trinajstić information content (AvgIpc) is 1.61. The standard InChI is InChI=1S/C4H6N2S/c1-2-3-7-4(5)6/h1H,3H2,(H3,5,6)/p+1. The molecule has 0 saturated carbocycles. The Hall–Kier alpha value is -0.620. The van der Waals surface area contributed by atoms with Gasteiger partial charge in [0.1, 0.15) is 0 Å². The maximum Gasteiger partial charge on any atom is 0.300 e. The summed E-state index contributed by atoms with van der Waals surface area (Å²) in [5, 5.41) is 5.37. The van der Waals surface area contributed by atoms with Crippen LogP contribution >= 0.6 is 11.8 Å². The SMILES string of the molecule is C#CCSC(N)=[NH2+]. The normalized spacial score (nSPS) is 7.29. The molecule has 0 spiro atoms. The maximum atomic E-state index is 5.04. The maximum absolute atomic E-state index is 5.04. The van der Waals surface area contributed by atoms with Crippen molar-refractivity contribution in [1.29, 1.82) is 0 Å². The van der Waals surface area contributed by atoms with Gasteiger partial charge in [-0.3, -0.25) is 11.1 Å². The lowest BCUT2D eigenvalue weighted by Crippen LogP contribution is -2.43. The minimum absolute atomic E-state index is 0.331. The van der Waals surface area contributed by atoms with E-state index in [0.29, 0.717) is 10.9 Å². The highest BCUT2D eigenvalue weighted by molar-refractivity contribution is 8.13. The van der Waals surface area contributed by atoms with E-state index in [4.69, 9.17) is 17.6 Å². The molecule has 38 valence electrons. The molecule has 4 N–H and O–H groups in total. The summed E-state index contributed by atoms with van der Waals surface area (Å²) in [4.78, 5) is 0. The van der Waals surface area contributed by atoms with Gasteiger partial charge in [-0.15, -0.1) is 6.42 Å². The highest BCUT2D eigenvalue weighted by atomic mass is 32.2. The van der Waals surface area contributed by atoms with Crippen molar-refractivity contribution in [2.45, 2.75) is 0 Å². The molecular weight excluding hydrogens is 108 g/mol. The summed E-state index contributed by atoms with van der Waals surface area (Å²) in [6, 6.07) is 0. The molecule has 0 saturated heterocycles. The zero-order valence-electron chi connectivity index (χ0n) is 3.85. The lowest BCUT2D eigenvalue weighted by molar-refractivity contribution is -0.110. The van der Waals surface area contributed by atoms with Crippen molar-refractivity contribution in [2.75, 3.05) is 5.75 Å². The van der Waals surface area contributed by atoms with Gasteiger partial charge in [-0.2, -0.15) is 0 Å². The van der Waals surface area contributed by atoms with Crippen LogP contribution in [0.3, 0.4) is 0 Å². The van der Waals surface area contributed by atoms with Gasteiger partial charge in [0.25, 0.3) is 0 Å². The van der Waals surface area contributed by atoms with E-state index in [1.807, 2.05) is 0 Å².